The maximum Gasteiger partial charge on any atom is 0.472 e. The van der Waals surface area contributed by atoms with Gasteiger partial charge in [-0.15, -0.1) is 0 Å². The molecule has 0 aromatic heterocycles. The third kappa shape index (κ3) is 64.8. The number of ether oxygens (including phenoxy) is 4. The zero-order valence-electron chi connectivity index (χ0n) is 58.6. The lowest BCUT2D eigenvalue weighted by Crippen LogP contribution is -2.30. The number of hydrogen-bond donors (Lipinski definition) is 3. The Morgan fingerprint density at radius 3 is 0.756 bits per heavy atom. The number of carbonyl (C=O) groups excluding carboxylic acids is 4. The predicted octanol–water partition coefficient (Wildman–Crippen LogP) is 20.2. The highest BCUT2D eigenvalue weighted by Gasteiger charge is 2.30. The Balaban J connectivity index is 5.12. The van der Waals surface area contributed by atoms with Crippen LogP contribution in [-0.4, -0.2) is 96.7 Å². The van der Waals surface area contributed by atoms with Crippen molar-refractivity contribution in [2.24, 2.45) is 17.8 Å². The lowest BCUT2D eigenvalue weighted by Gasteiger charge is -2.21. The Labute approximate surface area is 549 Å². The van der Waals surface area contributed by atoms with Gasteiger partial charge in [-0.25, -0.2) is 9.13 Å². The normalized spacial score (nSPS) is 14.2. The van der Waals surface area contributed by atoms with Gasteiger partial charge in [-0.3, -0.25) is 37.3 Å². The van der Waals surface area contributed by atoms with Crippen LogP contribution in [0.25, 0.3) is 0 Å². The molecule has 0 aliphatic heterocycles. The first kappa shape index (κ1) is 88.1. The summed E-state index contributed by atoms with van der Waals surface area (Å²) < 4.78 is 68.0. The highest BCUT2D eigenvalue weighted by Crippen LogP contribution is 2.45. The molecular weight excluding hydrogens is 1190 g/mol. The van der Waals surface area contributed by atoms with Crippen molar-refractivity contribution >= 4 is 39.5 Å². The molecule has 5 atom stereocenters. The average Bonchev–Trinajstić information content (AvgIpc) is 3.40. The van der Waals surface area contributed by atoms with Crippen LogP contribution in [0.3, 0.4) is 0 Å². The molecule has 2 unspecified atom stereocenters. The fraction of sp³-hybridized carbons (Fsp3) is 0.944. The summed E-state index contributed by atoms with van der Waals surface area (Å²) >= 11 is 0. The third-order valence-electron chi connectivity index (χ3n) is 16.4. The summed E-state index contributed by atoms with van der Waals surface area (Å²) in [7, 11) is -9.89. The van der Waals surface area contributed by atoms with Crippen molar-refractivity contribution in [1.82, 2.24) is 0 Å². The average molecular weight is 1330 g/mol. The summed E-state index contributed by atoms with van der Waals surface area (Å²) in [6.07, 6.45) is 46.4. The summed E-state index contributed by atoms with van der Waals surface area (Å²) in [6.45, 7) is 11.7. The van der Waals surface area contributed by atoms with Crippen LogP contribution in [-0.2, 0) is 65.4 Å². The van der Waals surface area contributed by atoms with Crippen LogP contribution >= 0.6 is 15.6 Å². The zero-order chi connectivity index (χ0) is 66.6. The first-order chi connectivity index (χ1) is 43.2. The second-order valence-corrected chi connectivity index (χ2v) is 30.0. The van der Waals surface area contributed by atoms with Gasteiger partial charge in [-0.2, -0.15) is 0 Å². The molecule has 0 fully saturated rings. The first-order valence-electron chi connectivity index (χ1n) is 36.8. The molecule has 0 saturated carbocycles. The van der Waals surface area contributed by atoms with E-state index in [0.29, 0.717) is 31.6 Å². The van der Waals surface area contributed by atoms with Crippen molar-refractivity contribution in [3.05, 3.63) is 0 Å². The Morgan fingerprint density at radius 2 is 0.511 bits per heavy atom. The number of aliphatic hydroxyl groups is 1. The second kappa shape index (κ2) is 61.9. The smallest absolute Gasteiger partial charge is 0.462 e. The number of phosphoric acid groups is 2. The number of phosphoric ester groups is 2. The van der Waals surface area contributed by atoms with E-state index in [-0.39, 0.29) is 25.7 Å². The van der Waals surface area contributed by atoms with Gasteiger partial charge in [0.05, 0.1) is 26.4 Å². The molecule has 0 bridgehead atoms. The molecule has 19 heteroatoms. The highest BCUT2D eigenvalue weighted by molar-refractivity contribution is 7.47. The Hall–Kier alpha value is -1.94. The maximum absolute atomic E-state index is 13.0. The van der Waals surface area contributed by atoms with Gasteiger partial charge in [0, 0.05) is 25.7 Å². The van der Waals surface area contributed by atoms with Crippen LogP contribution in [0.2, 0.25) is 0 Å². The molecule has 0 aliphatic carbocycles. The molecule has 0 heterocycles. The summed E-state index contributed by atoms with van der Waals surface area (Å²) in [5, 5.41) is 10.6. The Kier molecular flexibility index (Phi) is 60.6. The van der Waals surface area contributed by atoms with E-state index in [2.05, 4.69) is 48.5 Å². The quantitative estimate of drug-likeness (QED) is 0.0222. The number of esters is 4. The second-order valence-electron chi connectivity index (χ2n) is 27.1. The van der Waals surface area contributed by atoms with Crippen molar-refractivity contribution < 1.29 is 80.2 Å². The molecule has 3 N–H and O–H groups in total. The van der Waals surface area contributed by atoms with E-state index in [1.54, 1.807) is 0 Å². The van der Waals surface area contributed by atoms with E-state index in [0.717, 1.165) is 108 Å². The number of unbranched alkanes of at least 4 members (excludes halogenated alkanes) is 37. The van der Waals surface area contributed by atoms with E-state index in [9.17, 15) is 43.2 Å². The molecule has 534 valence electrons. The molecule has 0 spiro atoms. The van der Waals surface area contributed by atoms with Gasteiger partial charge < -0.3 is 33.8 Å². The Bertz CT molecular complexity index is 1770. The van der Waals surface area contributed by atoms with E-state index in [1.165, 1.54) is 161 Å². The summed E-state index contributed by atoms with van der Waals surface area (Å²) in [6, 6.07) is 0. The summed E-state index contributed by atoms with van der Waals surface area (Å²) in [4.78, 5) is 72.2. The van der Waals surface area contributed by atoms with Crippen LogP contribution in [0.15, 0.2) is 0 Å². The number of aliphatic hydroxyl groups excluding tert-OH is 1. The molecule has 0 amide bonds. The number of carbonyl (C=O) groups is 4. The van der Waals surface area contributed by atoms with Gasteiger partial charge in [0.15, 0.2) is 12.2 Å². The van der Waals surface area contributed by atoms with Gasteiger partial charge in [0.2, 0.25) is 0 Å². The van der Waals surface area contributed by atoms with Crippen molar-refractivity contribution in [2.75, 3.05) is 39.6 Å². The molecule has 0 aliphatic rings. The van der Waals surface area contributed by atoms with E-state index < -0.39 is 97.5 Å². The molecule has 0 aromatic carbocycles. The van der Waals surface area contributed by atoms with Gasteiger partial charge in [0.1, 0.15) is 19.3 Å². The first-order valence-corrected chi connectivity index (χ1v) is 39.8. The minimum atomic E-state index is -4.95. The minimum Gasteiger partial charge on any atom is -0.462 e. The summed E-state index contributed by atoms with van der Waals surface area (Å²) in [5.41, 5.74) is 0. The number of rotatable bonds is 69. The van der Waals surface area contributed by atoms with Gasteiger partial charge in [-0.1, -0.05) is 305 Å². The van der Waals surface area contributed by atoms with E-state index in [4.69, 9.17) is 37.0 Å². The summed E-state index contributed by atoms with van der Waals surface area (Å²) in [5.74, 6) is 0.149. The molecule has 17 nitrogen and oxygen atoms in total. The predicted molar refractivity (Wildman–Crippen MR) is 363 cm³/mol. The SMILES string of the molecule is CCCCCCCC(=O)OC[C@H](COP(=O)(O)OC[C@H](O)COP(=O)(O)OC[C@@H](COC(=O)CCCCCCCCCCCCCC(C)C)OC(=O)CCCCCCCCCCCCCCCCCCCCC(C)C)OC(=O)CCCCCCCCCC(C)C. The topological polar surface area (TPSA) is 237 Å². The number of hydrogen-bond acceptors (Lipinski definition) is 15. The van der Waals surface area contributed by atoms with Gasteiger partial charge in [0.25, 0.3) is 0 Å². The largest absolute Gasteiger partial charge is 0.472 e. The lowest BCUT2D eigenvalue weighted by atomic mass is 10.0. The van der Waals surface area contributed by atoms with E-state index in [1.807, 2.05) is 0 Å². The van der Waals surface area contributed by atoms with Crippen LogP contribution in [0.5, 0.6) is 0 Å². The third-order valence-corrected chi connectivity index (χ3v) is 18.3. The van der Waals surface area contributed by atoms with Crippen LogP contribution < -0.4 is 0 Å². The van der Waals surface area contributed by atoms with Gasteiger partial charge in [-0.05, 0) is 43.4 Å². The van der Waals surface area contributed by atoms with Crippen molar-refractivity contribution in [1.29, 1.82) is 0 Å². The molecule has 0 radical (unpaired) electrons. The van der Waals surface area contributed by atoms with Crippen molar-refractivity contribution in [3.8, 4) is 0 Å². The zero-order valence-corrected chi connectivity index (χ0v) is 60.4. The van der Waals surface area contributed by atoms with Crippen molar-refractivity contribution in [3.63, 3.8) is 0 Å². The van der Waals surface area contributed by atoms with Crippen LogP contribution in [0.1, 0.15) is 357 Å². The van der Waals surface area contributed by atoms with Gasteiger partial charge >= 0.3 is 39.5 Å². The van der Waals surface area contributed by atoms with Crippen LogP contribution in [0.4, 0.5) is 0 Å². The van der Waals surface area contributed by atoms with Crippen LogP contribution in [0, 0.1) is 17.8 Å². The molecule has 0 aromatic rings. The molecular formula is C71H138O17P2. The fourth-order valence-electron chi connectivity index (χ4n) is 10.7. The highest BCUT2D eigenvalue weighted by atomic mass is 31.2. The maximum atomic E-state index is 13.0. The fourth-order valence-corrected chi connectivity index (χ4v) is 12.3. The monoisotopic (exact) mass is 1320 g/mol. The lowest BCUT2D eigenvalue weighted by molar-refractivity contribution is -0.161. The molecule has 0 saturated heterocycles. The molecule has 0 rings (SSSR count). The van der Waals surface area contributed by atoms with E-state index >= 15 is 0 Å². The minimum absolute atomic E-state index is 0.102. The van der Waals surface area contributed by atoms with Crippen molar-refractivity contribution in [2.45, 2.75) is 375 Å². The Morgan fingerprint density at radius 1 is 0.300 bits per heavy atom. The molecule has 90 heavy (non-hydrogen) atoms. The standard InChI is InChI=1S/C71H138O17P2/c1-8-9-10-35-45-52-68(73)81-58-66(87-71(76)55-48-41-34-28-31-38-44-51-64(6)7)60-85-89(77,78)83-56-65(72)57-84-90(79,80)86-61-67(59-82-69(74)53-46-39-32-26-23-19-21-25-30-37-43-50-63(4)5)88-70(75)54-47-40-33-27-22-18-16-14-12-11-13-15-17-20-24-29-36-42-49-62(2)3/h62-67,72H,8-61H2,1-7H3,(H,77,78)(H,79,80)/t65-,66+,67+/m0/s1.